The van der Waals surface area contributed by atoms with E-state index in [4.69, 9.17) is 4.42 Å². The Labute approximate surface area is 176 Å². The molecule has 0 aliphatic carbocycles. The molecule has 1 heterocycles. The van der Waals surface area contributed by atoms with Crippen LogP contribution in [0.5, 0.6) is 0 Å². The van der Waals surface area contributed by atoms with Gasteiger partial charge in [-0.1, -0.05) is 18.2 Å². The Hall–Kier alpha value is -4.47. The van der Waals surface area contributed by atoms with Crippen LogP contribution in [-0.2, 0) is 0 Å². The van der Waals surface area contributed by atoms with Gasteiger partial charge in [-0.15, -0.1) is 0 Å². The van der Waals surface area contributed by atoms with E-state index < -0.39 is 22.5 Å². The maximum atomic E-state index is 13.0. The molecule has 10 heteroatoms. The number of hydrazine groups is 1. The summed E-state index contributed by atoms with van der Waals surface area (Å²) in [5, 5.41) is 11.4. The van der Waals surface area contributed by atoms with Gasteiger partial charge in [-0.05, 0) is 30.3 Å². The van der Waals surface area contributed by atoms with Crippen LogP contribution < -0.4 is 15.8 Å². The third-order valence-electron chi connectivity index (χ3n) is 4.37. The lowest BCUT2D eigenvalue weighted by Gasteiger charge is -2.14. The number of hydrogen-bond donors (Lipinski definition) is 2. The molecule has 0 aliphatic rings. The molecule has 0 aliphatic heterocycles. The number of rotatable bonds is 6. The van der Waals surface area contributed by atoms with E-state index in [1.807, 2.05) is 0 Å². The molecule has 31 heavy (non-hydrogen) atoms. The molecule has 0 saturated heterocycles. The Morgan fingerprint density at radius 3 is 2.23 bits per heavy atom. The predicted molar refractivity (Wildman–Crippen MR) is 111 cm³/mol. The van der Waals surface area contributed by atoms with Gasteiger partial charge in [0.1, 0.15) is 5.69 Å². The molecule has 2 N–H and O–H groups in total. The molecule has 0 unspecified atom stereocenters. The first-order valence-electron chi connectivity index (χ1n) is 9.03. The van der Waals surface area contributed by atoms with Crippen molar-refractivity contribution in [2.75, 3.05) is 19.0 Å². The van der Waals surface area contributed by atoms with Crippen LogP contribution in [0, 0.1) is 10.1 Å². The highest BCUT2D eigenvalue weighted by molar-refractivity contribution is 6.15. The Balaban J connectivity index is 1.86. The van der Waals surface area contributed by atoms with Crippen molar-refractivity contribution in [3.05, 3.63) is 93.4 Å². The molecule has 3 aromatic rings. The second-order valence-corrected chi connectivity index (χ2v) is 6.62. The minimum atomic E-state index is -0.733. The van der Waals surface area contributed by atoms with Crippen molar-refractivity contribution < 1.29 is 23.7 Å². The molecule has 10 nitrogen and oxygen atoms in total. The molecule has 3 rings (SSSR count). The van der Waals surface area contributed by atoms with Crippen molar-refractivity contribution in [3.63, 3.8) is 0 Å². The summed E-state index contributed by atoms with van der Waals surface area (Å²) in [6.45, 7) is 0. The predicted octanol–water partition coefficient (Wildman–Crippen LogP) is 2.56. The minimum absolute atomic E-state index is 0.00190. The number of carbonyl (C=O) groups is 3. The molecule has 158 valence electrons. The summed E-state index contributed by atoms with van der Waals surface area (Å²) in [7, 11) is 3.31. The van der Waals surface area contributed by atoms with Crippen molar-refractivity contribution in [1.82, 2.24) is 10.9 Å². The summed E-state index contributed by atoms with van der Waals surface area (Å²) in [6, 6.07) is 13.0. The maximum absolute atomic E-state index is 13.0. The average molecular weight is 422 g/mol. The van der Waals surface area contributed by atoms with Gasteiger partial charge in [0.2, 0.25) is 0 Å². The fourth-order valence-corrected chi connectivity index (χ4v) is 2.87. The summed E-state index contributed by atoms with van der Waals surface area (Å²) >= 11 is 0. The minimum Gasteiger partial charge on any atom is -0.459 e. The van der Waals surface area contributed by atoms with Crippen molar-refractivity contribution >= 4 is 29.0 Å². The average Bonchev–Trinajstić information content (AvgIpc) is 3.31. The van der Waals surface area contributed by atoms with Crippen molar-refractivity contribution in [1.29, 1.82) is 0 Å². The molecule has 0 atom stereocenters. The van der Waals surface area contributed by atoms with E-state index in [0.717, 1.165) is 0 Å². The quantitative estimate of drug-likeness (QED) is 0.354. The molecule has 1 aromatic heterocycles. The van der Waals surface area contributed by atoms with E-state index in [2.05, 4.69) is 10.9 Å². The SMILES string of the molecule is CN(C)c1ccc(C(=O)c2ccccc2C(=O)NNC(=O)c2ccco2)cc1[N+](=O)[O-]. The van der Waals surface area contributed by atoms with Crippen LogP contribution >= 0.6 is 0 Å². The van der Waals surface area contributed by atoms with E-state index in [-0.39, 0.29) is 28.1 Å². The largest absolute Gasteiger partial charge is 0.459 e. The summed E-state index contributed by atoms with van der Waals surface area (Å²) in [4.78, 5) is 49.9. The van der Waals surface area contributed by atoms with Gasteiger partial charge in [-0.25, -0.2) is 0 Å². The first kappa shape index (κ1) is 21.2. The van der Waals surface area contributed by atoms with Crippen molar-refractivity contribution in [3.8, 4) is 0 Å². The Bertz CT molecular complexity index is 1150. The van der Waals surface area contributed by atoms with Crippen LogP contribution in [0.25, 0.3) is 0 Å². The zero-order chi connectivity index (χ0) is 22.5. The number of amides is 2. The second kappa shape index (κ2) is 8.91. The zero-order valence-electron chi connectivity index (χ0n) is 16.6. The van der Waals surface area contributed by atoms with Gasteiger partial charge < -0.3 is 9.32 Å². The van der Waals surface area contributed by atoms with E-state index in [9.17, 15) is 24.5 Å². The van der Waals surface area contributed by atoms with Gasteiger partial charge in [0, 0.05) is 31.3 Å². The Morgan fingerprint density at radius 2 is 1.61 bits per heavy atom. The van der Waals surface area contributed by atoms with Crippen LogP contribution in [0.3, 0.4) is 0 Å². The van der Waals surface area contributed by atoms with Crippen molar-refractivity contribution in [2.24, 2.45) is 0 Å². The first-order chi connectivity index (χ1) is 14.8. The number of nitro groups is 1. The number of benzene rings is 2. The van der Waals surface area contributed by atoms with Gasteiger partial charge in [-0.3, -0.25) is 35.3 Å². The Morgan fingerprint density at radius 1 is 0.935 bits per heavy atom. The molecule has 0 spiro atoms. The number of furan rings is 1. The standard InChI is InChI=1S/C21H18N4O6/c1-24(2)16-10-9-13(12-17(16)25(29)30)19(26)14-6-3-4-7-15(14)20(27)22-23-21(28)18-8-5-11-31-18/h3-12H,1-2H3,(H,22,27)(H,23,28). The molecule has 0 bridgehead atoms. The molecule has 2 aromatic carbocycles. The number of nitro benzene ring substituents is 1. The summed E-state index contributed by atoms with van der Waals surface area (Å²) < 4.78 is 4.93. The summed E-state index contributed by atoms with van der Waals surface area (Å²) in [6.07, 6.45) is 1.31. The highest BCUT2D eigenvalue weighted by Crippen LogP contribution is 2.29. The number of nitrogens with one attached hydrogen (secondary N) is 2. The van der Waals surface area contributed by atoms with E-state index >= 15 is 0 Å². The molecule has 0 fully saturated rings. The van der Waals surface area contributed by atoms with E-state index in [0.29, 0.717) is 5.69 Å². The molecule has 0 radical (unpaired) electrons. The van der Waals surface area contributed by atoms with Crippen molar-refractivity contribution in [2.45, 2.75) is 0 Å². The highest BCUT2D eigenvalue weighted by atomic mass is 16.6. The Kier molecular flexibility index (Phi) is 6.10. The van der Waals surface area contributed by atoms with Gasteiger partial charge in [-0.2, -0.15) is 0 Å². The van der Waals surface area contributed by atoms with Crippen LogP contribution in [-0.4, -0.2) is 36.6 Å². The van der Waals surface area contributed by atoms with Crippen LogP contribution in [0.1, 0.15) is 36.8 Å². The van der Waals surface area contributed by atoms with Crippen LogP contribution in [0.4, 0.5) is 11.4 Å². The molecular formula is C21H18N4O6. The van der Waals surface area contributed by atoms with Crippen LogP contribution in [0.15, 0.2) is 65.3 Å². The smallest absolute Gasteiger partial charge is 0.305 e. The van der Waals surface area contributed by atoms with Crippen LogP contribution in [0.2, 0.25) is 0 Å². The summed E-state index contributed by atoms with van der Waals surface area (Å²) in [5.41, 5.74) is 4.60. The lowest BCUT2D eigenvalue weighted by Crippen LogP contribution is -2.42. The number of hydrogen-bond acceptors (Lipinski definition) is 7. The molecule has 2 amide bonds. The fourth-order valence-electron chi connectivity index (χ4n) is 2.87. The normalized spacial score (nSPS) is 10.3. The van der Waals surface area contributed by atoms with Gasteiger partial charge in [0.05, 0.1) is 16.7 Å². The maximum Gasteiger partial charge on any atom is 0.305 e. The van der Waals surface area contributed by atoms with E-state index in [1.54, 1.807) is 31.1 Å². The van der Waals surface area contributed by atoms with Gasteiger partial charge >= 0.3 is 5.91 Å². The topological polar surface area (TPSA) is 135 Å². The number of ketones is 1. The second-order valence-electron chi connectivity index (χ2n) is 6.62. The number of nitrogens with zero attached hydrogens (tertiary/aromatic N) is 2. The van der Waals surface area contributed by atoms with E-state index in [1.165, 1.54) is 48.7 Å². The third kappa shape index (κ3) is 4.58. The molecular weight excluding hydrogens is 404 g/mol. The molecule has 0 saturated carbocycles. The first-order valence-corrected chi connectivity index (χ1v) is 9.03. The zero-order valence-corrected chi connectivity index (χ0v) is 16.6. The third-order valence-corrected chi connectivity index (χ3v) is 4.37. The lowest BCUT2D eigenvalue weighted by atomic mass is 9.97. The summed E-state index contributed by atoms with van der Waals surface area (Å²) in [5.74, 6) is -1.98. The van der Waals surface area contributed by atoms with Gasteiger partial charge in [0.15, 0.2) is 11.5 Å². The van der Waals surface area contributed by atoms with Gasteiger partial charge in [0.25, 0.3) is 11.6 Å². The monoisotopic (exact) mass is 422 g/mol. The fraction of sp³-hybridized carbons (Fsp3) is 0.0952. The number of carbonyl (C=O) groups excluding carboxylic acids is 3. The highest BCUT2D eigenvalue weighted by Gasteiger charge is 2.23. The number of anilines is 1. The lowest BCUT2D eigenvalue weighted by molar-refractivity contribution is -0.384.